The second kappa shape index (κ2) is 8.01. The Morgan fingerprint density at radius 2 is 1.31 bits per heavy atom. The van der Waals surface area contributed by atoms with E-state index < -0.39 is 22.1 Å². The van der Waals surface area contributed by atoms with Gasteiger partial charge in [-0.15, -0.1) is 0 Å². The molecule has 4 nitrogen and oxygen atoms in total. The van der Waals surface area contributed by atoms with E-state index in [4.69, 9.17) is 4.55 Å². The molecule has 142 valence electrons. The van der Waals surface area contributed by atoms with Gasteiger partial charge in [0.2, 0.25) is 0 Å². The van der Waals surface area contributed by atoms with Crippen molar-refractivity contribution in [1.82, 2.24) is 0 Å². The van der Waals surface area contributed by atoms with Crippen LogP contribution in [0.2, 0.25) is 0 Å². The Labute approximate surface area is 150 Å². The number of halogens is 3. The Bertz CT molecular complexity index is 876. The van der Waals surface area contributed by atoms with E-state index in [1.807, 2.05) is 6.92 Å². The van der Waals surface area contributed by atoms with Crippen molar-refractivity contribution in [3.05, 3.63) is 64.2 Å². The Hall–Kier alpha value is -2.19. The molecule has 0 amide bonds. The Morgan fingerprint density at radius 3 is 1.65 bits per heavy atom. The maximum atomic E-state index is 11.9. The Kier molecular flexibility index (Phi) is 6.73. The third-order valence-corrected chi connectivity index (χ3v) is 4.59. The number of aryl methyl sites for hydroxylation is 4. The van der Waals surface area contributed by atoms with E-state index in [-0.39, 0.29) is 10.5 Å². The number of hydrogen-bond acceptors (Lipinski definition) is 3. The van der Waals surface area contributed by atoms with Crippen LogP contribution in [0.5, 0.6) is 0 Å². The van der Waals surface area contributed by atoms with Crippen LogP contribution in [0.1, 0.15) is 32.6 Å². The molecule has 0 aliphatic carbocycles. The lowest BCUT2D eigenvalue weighted by Crippen LogP contribution is -2.22. The van der Waals surface area contributed by atoms with Gasteiger partial charge >= 0.3 is 6.18 Å². The van der Waals surface area contributed by atoms with Crippen LogP contribution < -0.4 is 0 Å². The number of Topliss-reactive ketones (excluding diaryl/α,β-unsaturated/α-hetero) is 1. The zero-order chi connectivity index (χ0) is 20.3. The zero-order valence-electron chi connectivity index (χ0n) is 14.7. The molecule has 8 heteroatoms. The van der Waals surface area contributed by atoms with Gasteiger partial charge in [-0.05, 0) is 38.8 Å². The molecule has 2 aromatic carbocycles. The molecular formula is C18H19F3O4S. The lowest BCUT2D eigenvalue weighted by atomic mass is 10.1. The van der Waals surface area contributed by atoms with Gasteiger partial charge in [-0.25, -0.2) is 0 Å². The van der Waals surface area contributed by atoms with Crippen molar-refractivity contribution in [3.63, 3.8) is 0 Å². The van der Waals surface area contributed by atoms with Crippen LogP contribution >= 0.6 is 0 Å². The highest BCUT2D eigenvalue weighted by Gasteiger charge is 2.38. The minimum atomic E-state index is -4.78. The lowest BCUT2D eigenvalue weighted by molar-refractivity contribution is -0.0885. The molecule has 1 N–H and O–H groups in total. The largest absolute Gasteiger partial charge is 0.454 e. The third kappa shape index (κ3) is 5.96. The van der Waals surface area contributed by atoms with E-state index >= 15 is 0 Å². The van der Waals surface area contributed by atoms with Gasteiger partial charge in [-0.2, -0.15) is 21.6 Å². The minimum Gasteiger partial charge on any atom is -0.284 e. The molecule has 0 radical (unpaired) electrons. The van der Waals surface area contributed by atoms with Gasteiger partial charge in [0, 0.05) is 5.56 Å². The summed E-state index contributed by atoms with van der Waals surface area (Å²) in [4.78, 5) is 10.7. The van der Waals surface area contributed by atoms with Crippen molar-refractivity contribution in [2.75, 3.05) is 0 Å². The van der Waals surface area contributed by atoms with E-state index in [1.54, 1.807) is 32.9 Å². The third-order valence-electron chi connectivity index (χ3n) is 3.43. The van der Waals surface area contributed by atoms with Crippen molar-refractivity contribution in [3.8, 4) is 0 Å². The number of carbonyl (C=O) groups excluding carboxylic acids is 1. The van der Waals surface area contributed by atoms with Crippen molar-refractivity contribution >= 4 is 15.9 Å². The first kappa shape index (κ1) is 21.9. The number of rotatable bonds is 2. The fourth-order valence-corrected chi connectivity index (χ4v) is 3.37. The van der Waals surface area contributed by atoms with Crippen LogP contribution in [0.4, 0.5) is 13.2 Å². The predicted molar refractivity (Wildman–Crippen MR) is 92.0 cm³/mol. The summed E-state index contributed by atoms with van der Waals surface area (Å²) in [6.07, 6.45) is -4.78. The molecule has 0 saturated carbocycles. The number of benzene rings is 2. The molecule has 0 spiro atoms. The Morgan fingerprint density at radius 1 is 0.885 bits per heavy atom. The highest BCUT2D eigenvalue weighted by atomic mass is 32.2. The highest BCUT2D eigenvalue weighted by molar-refractivity contribution is 7.86. The van der Waals surface area contributed by atoms with Gasteiger partial charge in [-0.3, -0.25) is 9.35 Å². The first-order chi connectivity index (χ1) is 11.7. The molecule has 0 fully saturated rings. The number of ketones is 1. The van der Waals surface area contributed by atoms with E-state index in [9.17, 15) is 26.4 Å². The maximum Gasteiger partial charge on any atom is 0.454 e. The molecule has 0 bridgehead atoms. The quantitative estimate of drug-likeness (QED) is 0.603. The summed E-state index contributed by atoms with van der Waals surface area (Å²) >= 11 is 0. The first-order valence-electron chi connectivity index (χ1n) is 7.47. The van der Waals surface area contributed by atoms with Gasteiger partial charge in [0.1, 0.15) is 0 Å². The normalized spacial score (nSPS) is 11.5. The van der Waals surface area contributed by atoms with Gasteiger partial charge in [0.15, 0.2) is 0 Å². The minimum absolute atomic E-state index is 0.0260. The van der Waals surface area contributed by atoms with Crippen LogP contribution in [0.3, 0.4) is 0 Å². The highest BCUT2D eigenvalue weighted by Crippen LogP contribution is 2.22. The summed E-state index contributed by atoms with van der Waals surface area (Å²) < 4.78 is 66.5. The Balaban J connectivity index is 0.000000260. The van der Waals surface area contributed by atoms with Gasteiger partial charge in [0.05, 0.1) is 4.90 Å². The van der Waals surface area contributed by atoms with E-state index in [2.05, 4.69) is 0 Å². The number of carbonyl (C=O) groups is 1. The summed E-state index contributed by atoms with van der Waals surface area (Å²) in [7, 11) is -4.08. The van der Waals surface area contributed by atoms with E-state index in [1.165, 1.54) is 24.3 Å². The monoisotopic (exact) mass is 388 g/mol. The van der Waals surface area contributed by atoms with Crippen molar-refractivity contribution in [2.24, 2.45) is 0 Å². The number of hydrogen-bond donors (Lipinski definition) is 1. The molecule has 0 atom stereocenters. The fraction of sp³-hybridized carbons (Fsp3) is 0.278. The van der Waals surface area contributed by atoms with Crippen LogP contribution in [0.15, 0.2) is 41.3 Å². The van der Waals surface area contributed by atoms with Gasteiger partial charge in [-0.1, -0.05) is 47.5 Å². The standard InChI is InChI=1S/C9H7F3O.C9H12O3S/c1-6-2-4-7(5-3-6)8(13)9(10,11)12;1-6-4-7(2)9(8(3)5-6)13(10,11)12/h2-5H,1H3;4-5H,1-3H3,(H,10,11,12). The van der Waals surface area contributed by atoms with E-state index in [0.29, 0.717) is 11.1 Å². The second-order valence-corrected chi connectivity index (χ2v) is 7.25. The smallest absolute Gasteiger partial charge is 0.284 e. The SMILES string of the molecule is Cc1cc(C)c(S(=O)(=O)O)c(C)c1.Cc1ccc(C(=O)C(F)(F)F)cc1. The summed E-state index contributed by atoms with van der Waals surface area (Å²) in [5.41, 5.74) is 2.65. The van der Waals surface area contributed by atoms with Crippen LogP contribution in [-0.2, 0) is 10.1 Å². The molecule has 2 rings (SSSR count). The molecule has 0 aliphatic rings. The first-order valence-corrected chi connectivity index (χ1v) is 8.91. The average Bonchev–Trinajstić information content (AvgIpc) is 2.44. The maximum absolute atomic E-state index is 11.9. The van der Waals surface area contributed by atoms with E-state index in [0.717, 1.165) is 11.1 Å². The molecule has 0 aromatic heterocycles. The fourth-order valence-electron chi connectivity index (χ4n) is 2.44. The summed E-state index contributed by atoms with van der Waals surface area (Å²) in [6, 6.07) is 8.75. The second-order valence-electron chi connectivity index (χ2n) is 5.90. The molecule has 0 heterocycles. The molecular weight excluding hydrogens is 369 g/mol. The van der Waals surface area contributed by atoms with Crippen LogP contribution in [-0.4, -0.2) is 24.9 Å². The number of alkyl halides is 3. The average molecular weight is 388 g/mol. The van der Waals surface area contributed by atoms with Crippen molar-refractivity contribution in [2.45, 2.75) is 38.8 Å². The summed E-state index contributed by atoms with van der Waals surface area (Å²) in [5.74, 6) is -1.80. The zero-order valence-corrected chi connectivity index (χ0v) is 15.5. The van der Waals surface area contributed by atoms with Crippen LogP contribution in [0, 0.1) is 27.7 Å². The molecule has 26 heavy (non-hydrogen) atoms. The summed E-state index contributed by atoms with van der Waals surface area (Å²) in [5, 5.41) is 0. The molecule has 0 saturated heterocycles. The molecule has 0 unspecified atom stereocenters. The van der Waals surface area contributed by atoms with Gasteiger partial charge < -0.3 is 0 Å². The predicted octanol–water partition coefficient (Wildman–Crippen LogP) is 4.60. The summed E-state index contributed by atoms with van der Waals surface area (Å²) in [6.45, 7) is 6.96. The van der Waals surface area contributed by atoms with Crippen molar-refractivity contribution in [1.29, 1.82) is 0 Å². The molecule has 2 aromatic rings. The van der Waals surface area contributed by atoms with Crippen LogP contribution in [0.25, 0.3) is 0 Å². The molecule has 0 aliphatic heterocycles. The van der Waals surface area contributed by atoms with Gasteiger partial charge in [0.25, 0.3) is 15.9 Å². The topological polar surface area (TPSA) is 71.4 Å². The lowest BCUT2D eigenvalue weighted by Gasteiger charge is -2.07. The van der Waals surface area contributed by atoms with Crippen molar-refractivity contribution < 1.29 is 30.9 Å².